The molecule has 0 atom stereocenters. The van der Waals surface area contributed by atoms with Crippen molar-refractivity contribution in [3.05, 3.63) is 59.4 Å². The highest BCUT2D eigenvalue weighted by Crippen LogP contribution is 2.33. The Bertz CT molecular complexity index is 550. The number of rotatable bonds is 3. The molecule has 0 bridgehead atoms. The predicted molar refractivity (Wildman–Crippen MR) is 67.7 cm³/mol. The van der Waals surface area contributed by atoms with Crippen molar-refractivity contribution in [2.75, 3.05) is 5.32 Å². The molecule has 0 aliphatic heterocycles. The van der Waals surface area contributed by atoms with E-state index in [1.807, 2.05) is 12.1 Å². The van der Waals surface area contributed by atoms with Gasteiger partial charge in [-0.05, 0) is 36.8 Å². The predicted octanol–water partition coefficient (Wildman–Crippen LogP) is 4.02. The molecule has 0 spiro atoms. The maximum absolute atomic E-state index is 12.8. The van der Waals surface area contributed by atoms with Crippen LogP contribution in [0.3, 0.4) is 0 Å². The molecule has 1 N–H and O–H groups in total. The lowest BCUT2D eigenvalue weighted by molar-refractivity contribution is -0.138. The molecule has 0 aliphatic rings. The summed E-state index contributed by atoms with van der Waals surface area (Å²) in [6.45, 7) is 1.84. The fraction of sp³-hybridized carbons (Fsp3) is 0.214. The number of alkyl halides is 3. The van der Waals surface area contributed by atoms with E-state index >= 15 is 0 Å². The van der Waals surface area contributed by atoms with Crippen LogP contribution in [0.1, 0.15) is 16.8 Å². The second-order valence-corrected chi connectivity index (χ2v) is 4.20. The van der Waals surface area contributed by atoms with Gasteiger partial charge in [-0.1, -0.05) is 12.1 Å². The standard InChI is InChI=1S/C14H13F3N2/c1-10-5-6-11(8-13(10)14(15,16)17)19-9-12-4-2-3-7-18-12/h2-8,19H,9H2,1H3. The van der Waals surface area contributed by atoms with Crippen LogP contribution in [-0.4, -0.2) is 4.98 Å². The monoisotopic (exact) mass is 266 g/mol. The van der Waals surface area contributed by atoms with Crippen LogP contribution in [0.5, 0.6) is 0 Å². The van der Waals surface area contributed by atoms with Crippen LogP contribution in [-0.2, 0) is 12.7 Å². The lowest BCUT2D eigenvalue weighted by Gasteiger charge is -2.13. The zero-order valence-corrected chi connectivity index (χ0v) is 10.3. The van der Waals surface area contributed by atoms with Gasteiger partial charge in [-0.3, -0.25) is 4.98 Å². The highest BCUT2D eigenvalue weighted by atomic mass is 19.4. The Morgan fingerprint density at radius 3 is 2.58 bits per heavy atom. The molecule has 0 saturated heterocycles. The molecule has 0 fully saturated rings. The maximum atomic E-state index is 12.8. The lowest BCUT2D eigenvalue weighted by atomic mass is 10.1. The smallest absolute Gasteiger partial charge is 0.379 e. The molecule has 0 aliphatic carbocycles. The van der Waals surface area contributed by atoms with E-state index in [0.29, 0.717) is 12.2 Å². The van der Waals surface area contributed by atoms with E-state index in [9.17, 15) is 13.2 Å². The topological polar surface area (TPSA) is 24.9 Å². The van der Waals surface area contributed by atoms with Gasteiger partial charge >= 0.3 is 6.18 Å². The molecule has 1 heterocycles. The first-order valence-corrected chi connectivity index (χ1v) is 5.78. The van der Waals surface area contributed by atoms with E-state index < -0.39 is 11.7 Å². The number of benzene rings is 1. The lowest BCUT2D eigenvalue weighted by Crippen LogP contribution is -2.09. The second kappa shape index (κ2) is 5.30. The van der Waals surface area contributed by atoms with Crippen molar-refractivity contribution in [1.82, 2.24) is 4.98 Å². The van der Waals surface area contributed by atoms with Crippen LogP contribution in [0.15, 0.2) is 42.6 Å². The third-order valence-corrected chi connectivity index (χ3v) is 2.74. The van der Waals surface area contributed by atoms with Crippen LogP contribution in [0.4, 0.5) is 18.9 Å². The summed E-state index contributed by atoms with van der Waals surface area (Å²) in [6.07, 6.45) is -2.68. The van der Waals surface area contributed by atoms with Gasteiger partial charge in [0.1, 0.15) is 0 Å². The average molecular weight is 266 g/mol. The molecule has 0 radical (unpaired) electrons. The van der Waals surface area contributed by atoms with Gasteiger partial charge in [-0.2, -0.15) is 13.2 Å². The van der Waals surface area contributed by atoms with E-state index in [1.54, 1.807) is 18.3 Å². The number of anilines is 1. The van der Waals surface area contributed by atoms with Gasteiger partial charge in [0.2, 0.25) is 0 Å². The van der Waals surface area contributed by atoms with Crippen molar-refractivity contribution in [1.29, 1.82) is 0 Å². The molecule has 19 heavy (non-hydrogen) atoms. The third kappa shape index (κ3) is 3.47. The van der Waals surface area contributed by atoms with Crippen LogP contribution >= 0.6 is 0 Å². The van der Waals surface area contributed by atoms with E-state index in [-0.39, 0.29) is 5.56 Å². The SMILES string of the molecule is Cc1ccc(NCc2ccccn2)cc1C(F)(F)F. The number of nitrogens with zero attached hydrogens (tertiary/aromatic N) is 1. The molecule has 5 heteroatoms. The molecule has 0 saturated carbocycles. The van der Waals surface area contributed by atoms with Crippen molar-refractivity contribution in [3.8, 4) is 0 Å². The van der Waals surface area contributed by atoms with Gasteiger partial charge in [0.05, 0.1) is 17.8 Å². The van der Waals surface area contributed by atoms with E-state index in [4.69, 9.17) is 0 Å². The molecule has 0 unspecified atom stereocenters. The molecule has 100 valence electrons. The Hall–Kier alpha value is -2.04. The first-order chi connectivity index (χ1) is 8.97. The third-order valence-electron chi connectivity index (χ3n) is 2.74. The molecular weight excluding hydrogens is 253 g/mol. The fourth-order valence-electron chi connectivity index (χ4n) is 1.73. The van der Waals surface area contributed by atoms with Crippen molar-refractivity contribution in [3.63, 3.8) is 0 Å². The number of hydrogen-bond donors (Lipinski definition) is 1. The number of halogens is 3. The normalized spacial score (nSPS) is 11.4. The van der Waals surface area contributed by atoms with Crippen molar-refractivity contribution < 1.29 is 13.2 Å². The van der Waals surface area contributed by atoms with E-state index in [0.717, 1.165) is 11.8 Å². The Balaban J connectivity index is 2.14. The fourth-order valence-corrected chi connectivity index (χ4v) is 1.73. The molecule has 1 aromatic carbocycles. The van der Waals surface area contributed by atoms with Gasteiger partial charge in [0.25, 0.3) is 0 Å². The summed E-state index contributed by atoms with van der Waals surface area (Å²) in [7, 11) is 0. The number of hydrogen-bond acceptors (Lipinski definition) is 2. The minimum atomic E-state index is -4.33. The molecule has 2 nitrogen and oxygen atoms in total. The molecule has 1 aromatic heterocycles. The average Bonchev–Trinajstić information content (AvgIpc) is 2.37. The summed E-state index contributed by atoms with van der Waals surface area (Å²) in [5.41, 5.74) is 0.814. The van der Waals surface area contributed by atoms with Crippen LogP contribution in [0.2, 0.25) is 0 Å². The Morgan fingerprint density at radius 2 is 1.95 bits per heavy atom. The summed E-state index contributed by atoms with van der Waals surface area (Å²) in [5, 5.41) is 2.94. The highest BCUT2D eigenvalue weighted by Gasteiger charge is 2.32. The zero-order valence-electron chi connectivity index (χ0n) is 10.3. The second-order valence-electron chi connectivity index (χ2n) is 4.20. The number of aryl methyl sites for hydroxylation is 1. The largest absolute Gasteiger partial charge is 0.416 e. The van der Waals surface area contributed by atoms with E-state index in [1.165, 1.54) is 13.0 Å². The van der Waals surface area contributed by atoms with Crippen LogP contribution in [0.25, 0.3) is 0 Å². The number of pyridine rings is 1. The first kappa shape index (κ1) is 13.4. The minimum absolute atomic E-state index is 0.218. The Morgan fingerprint density at radius 1 is 1.16 bits per heavy atom. The Kier molecular flexibility index (Phi) is 3.74. The zero-order chi connectivity index (χ0) is 13.9. The van der Waals surface area contributed by atoms with Gasteiger partial charge in [-0.15, -0.1) is 0 Å². The quantitative estimate of drug-likeness (QED) is 0.907. The van der Waals surface area contributed by atoms with Gasteiger partial charge in [0.15, 0.2) is 0 Å². The maximum Gasteiger partial charge on any atom is 0.416 e. The molecule has 2 aromatic rings. The van der Waals surface area contributed by atoms with Crippen molar-refractivity contribution in [2.45, 2.75) is 19.6 Å². The number of aromatic nitrogens is 1. The van der Waals surface area contributed by atoms with Gasteiger partial charge in [-0.25, -0.2) is 0 Å². The number of nitrogens with one attached hydrogen (secondary N) is 1. The van der Waals surface area contributed by atoms with E-state index in [2.05, 4.69) is 10.3 Å². The van der Waals surface area contributed by atoms with Crippen molar-refractivity contribution >= 4 is 5.69 Å². The molecule has 2 rings (SSSR count). The van der Waals surface area contributed by atoms with Crippen LogP contribution < -0.4 is 5.32 Å². The summed E-state index contributed by atoms with van der Waals surface area (Å²) in [6, 6.07) is 9.65. The Labute approximate surface area is 109 Å². The summed E-state index contributed by atoms with van der Waals surface area (Å²) < 4.78 is 38.3. The molecular formula is C14H13F3N2. The summed E-state index contributed by atoms with van der Waals surface area (Å²) >= 11 is 0. The van der Waals surface area contributed by atoms with Crippen molar-refractivity contribution in [2.24, 2.45) is 0 Å². The van der Waals surface area contributed by atoms with Crippen LogP contribution in [0, 0.1) is 6.92 Å². The van der Waals surface area contributed by atoms with Gasteiger partial charge in [0, 0.05) is 11.9 Å². The first-order valence-electron chi connectivity index (χ1n) is 5.78. The summed E-state index contributed by atoms with van der Waals surface area (Å²) in [5.74, 6) is 0. The summed E-state index contributed by atoms with van der Waals surface area (Å²) in [4.78, 5) is 4.10. The minimum Gasteiger partial charge on any atom is -0.379 e. The highest BCUT2D eigenvalue weighted by molar-refractivity contribution is 5.49. The van der Waals surface area contributed by atoms with Gasteiger partial charge < -0.3 is 5.32 Å². The molecule has 0 amide bonds.